The van der Waals surface area contributed by atoms with Crippen molar-refractivity contribution in [1.82, 2.24) is 4.90 Å². The second-order valence-corrected chi connectivity index (χ2v) is 7.30. The summed E-state index contributed by atoms with van der Waals surface area (Å²) >= 11 is 3.55. The van der Waals surface area contributed by atoms with Gasteiger partial charge in [-0.05, 0) is 30.5 Å². The van der Waals surface area contributed by atoms with Crippen molar-refractivity contribution in [3.8, 4) is 0 Å². The van der Waals surface area contributed by atoms with Crippen LogP contribution in [-0.2, 0) is 16.8 Å². The summed E-state index contributed by atoms with van der Waals surface area (Å²) in [4.78, 5) is 14.7. The van der Waals surface area contributed by atoms with Gasteiger partial charge in [0.1, 0.15) is 0 Å². The molecule has 3 rings (SSSR count). The van der Waals surface area contributed by atoms with Gasteiger partial charge < -0.3 is 0 Å². The maximum absolute atomic E-state index is 13.0. The molecule has 1 aliphatic heterocycles. The van der Waals surface area contributed by atoms with E-state index >= 15 is 0 Å². The number of halogens is 1. The molecule has 2 atom stereocenters. The molecule has 108 valence electrons. The van der Waals surface area contributed by atoms with Crippen LogP contribution in [-0.4, -0.2) is 42.7 Å². The third-order valence-corrected chi connectivity index (χ3v) is 5.71. The van der Waals surface area contributed by atoms with Crippen molar-refractivity contribution in [3.63, 3.8) is 0 Å². The zero-order valence-corrected chi connectivity index (χ0v) is 13.8. The van der Waals surface area contributed by atoms with Crippen molar-refractivity contribution in [2.24, 2.45) is 5.73 Å². The minimum absolute atomic E-state index is 0.147. The Bertz CT molecular complexity index is 586. The molecule has 4 nitrogen and oxygen atoms in total. The third kappa shape index (κ3) is 1.51. The minimum atomic E-state index is -0.536. The molecule has 2 unspecified atom stereocenters. The number of hydrogen-bond acceptors (Lipinski definition) is 2. The fraction of sp³-hybridized carbons (Fsp3) is 0.533. The van der Waals surface area contributed by atoms with E-state index < -0.39 is 5.54 Å². The average Bonchev–Trinajstić information content (AvgIpc) is 2.54. The number of quaternary nitrogens is 1. The Morgan fingerprint density at radius 3 is 2.75 bits per heavy atom. The first-order chi connectivity index (χ1) is 9.32. The molecule has 1 fully saturated rings. The van der Waals surface area contributed by atoms with E-state index in [-0.39, 0.29) is 12.2 Å². The number of fused-ring (bicyclic) bond motifs is 2. The smallest absolute Gasteiger partial charge is 0.279 e. The SMILES string of the molecule is CN1C(=O)C2(CCCc3ccc(Br)cc32)[N+](C)(C)C1N. The molecule has 1 spiro atoms. The van der Waals surface area contributed by atoms with Gasteiger partial charge in [0.05, 0.1) is 14.1 Å². The van der Waals surface area contributed by atoms with Gasteiger partial charge in [0.2, 0.25) is 11.8 Å². The maximum atomic E-state index is 13.0. The van der Waals surface area contributed by atoms with Crippen LogP contribution in [0.15, 0.2) is 22.7 Å². The largest absolute Gasteiger partial charge is 0.294 e. The lowest BCUT2D eigenvalue weighted by Crippen LogP contribution is -2.62. The summed E-state index contributed by atoms with van der Waals surface area (Å²) in [5, 5.41) is 0. The number of carbonyl (C=O) groups excluding carboxylic acids is 1. The fourth-order valence-electron chi connectivity index (χ4n) is 3.96. The maximum Gasteiger partial charge on any atom is 0.294 e. The van der Waals surface area contributed by atoms with E-state index in [0.717, 1.165) is 29.3 Å². The van der Waals surface area contributed by atoms with Crippen LogP contribution in [0.25, 0.3) is 0 Å². The van der Waals surface area contributed by atoms with Crippen LogP contribution in [0.1, 0.15) is 24.0 Å². The Hall–Kier alpha value is -0.910. The van der Waals surface area contributed by atoms with Gasteiger partial charge in [0.25, 0.3) is 5.91 Å². The number of benzene rings is 1. The van der Waals surface area contributed by atoms with Gasteiger partial charge >= 0.3 is 0 Å². The minimum Gasteiger partial charge on any atom is -0.279 e. The summed E-state index contributed by atoms with van der Waals surface area (Å²) in [5.74, 6) is 0.147. The summed E-state index contributed by atoms with van der Waals surface area (Å²) in [5.41, 5.74) is 8.20. The second-order valence-electron chi connectivity index (χ2n) is 6.38. The van der Waals surface area contributed by atoms with Gasteiger partial charge in [-0.1, -0.05) is 22.0 Å². The summed E-state index contributed by atoms with van der Waals surface area (Å²) in [7, 11) is 5.96. The fourth-order valence-corrected chi connectivity index (χ4v) is 4.32. The van der Waals surface area contributed by atoms with E-state index in [0.29, 0.717) is 4.48 Å². The topological polar surface area (TPSA) is 46.3 Å². The van der Waals surface area contributed by atoms with E-state index in [1.165, 1.54) is 5.56 Å². The Balaban J connectivity index is 2.29. The van der Waals surface area contributed by atoms with Crippen LogP contribution >= 0.6 is 15.9 Å². The monoisotopic (exact) mass is 338 g/mol. The molecule has 1 aromatic carbocycles. The number of nitrogens with two attached hydrogens (primary N) is 1. The summed E-state index contributed by atoms with van der Waals surface area (Å²) in [6, 6.07) is 6.30. The van der Waals surface area contributed by atoms with Crippen molar-refractivity contribution in [3.05, 3.63) is 33.8 Å². The number of likely N-dealkylation sites (N-methyl/N-ethyl adjacent to an activating group) is 2. The molecule has 2 N–H and O–H groups in total. The molecular weight excluding hydrogens is 318 g/mol. The van der Waals surface area contributed by atoms with Crippen LogP contribution in [0.2, 0.25) is 0 Å². The average molecular weight is 339 g/mol. The lowest BCUT2D eigenvalue weighted by atomic mass is 9.74. The quantitative estimate of drug-likeness (QED) is 0.733. The van der Waals surface area contributed by atoms with Crippen molar-refractivity contribution < 1.29 is 9.28 Å². The van der Waals surface area contributed by atoms with Crippen LogP contribution in [0.5, 0.6) is 0 Å². The standard InChI is InChI=1S/C15H21BrN3O/c1-18-13(20)15(19(2,3)14(18)17)8-4-5-10-6-7-11(16)9-12(10)15/h6-7,9,14H,4-5,8,17H2,1-3H3/q+1. The highest BCUT2D eigenvalue weighted by Crippen LogP contribution is 2.49. The van der Waals surface area contributed by atoms with Crippen LogP contribution in [0.3, 0.4) is 0 Å². The molecule has 1 aliphatic carbocycles. The van der Waals surface area contributed by atoms with E-state index in [1.807, 2.05) is 7.05 Å². The lowest BCUT2D eigenvalue weighted by Gasteiger charge is -2.45. The second kappa shape index (κ2) is 4.29. The number of rotatable bonds is 0. The molecular formula is C15H21BrN3O+. The zero-order valence-electron chi connectivity index (χ0n) is 12.2. The predicted molar refractivity (Wildman–Crippen MR) is 81.6 cm³/mol. The Labute approximate surface area is 128 Å². The zero-order chi connectivity index (χ0) is 14.7. The Morgan fingerprint density at radius 2 is 2.15 bits per heavy atom. The number of nitrogens with zero attached hydrogens (tertiary/aromatic N) is 2. The third-order valence-electron chi connectivity index (χ3n) is 5.22. The molecule has 1 saturated heterocycles. The van der Waals surface area contributed by atoms with E-state index in [1.54, 1.807) is 4.90 Å². The highest BCUT2D eigenvalue weighted by Gasteiger charge is 2.65. The van der Waals surface area contributed by atoms with Crippen molar-refractivity contribution in [1.29, 1.82) is 0 Å². The highest BCUT2D eigenvalue weighted by molar-refractivity contribution is 9.10. The van der Waals surface area contributed by atoms with Crippen molar-refractivity contribution >= 4 is 21.8 Å². The van der Waals surface area contributed by atoms with E-state index in [4.69, 9.17) is 5.73 Å². The summed E-state index contributed by atoms with van der Waals surface area (Å²) < 4.78 is 1.51. The molecule has 20 heavy (non-hydrogen) atoms. The molecule has 1 aromatic rings. The predicted octanol–water partition coefficient (Wildman–Crippen LogP) is 1.77. The van der Waals surface area contributed by atoms with E-state index in [2.05, 4.69) is 48.2 Å². The van der Waals surface area contributed by atoms with Gasteiger partial charge in [-0.3, -0.25) is 19.9 Å². The number of aryl methyl sites for hydroxylation is 1. The number of amides is 1. The number of carbonyl (C=O) groups is 1. The van der Waals surface area contributed by atoms with Crippen LogP contribution < -0.4 is 5.73 Å². The van der Waals surface area contributed by atoms with Gasteiger partial charge in [-0.2, -0.15) is 0 Å². The van der Waals surface area contributed by atoms with Gasteiger partial charge in [-0.25, -0.2) is 0 Å². The van der Waals surface area contributed by atoms with Gasteiger partial charge in [0.15, 0.2) is 0 Å². The first kappa shape index (κ1) is 14.0. The van der Waals surface area contributed by atoms with Crippen molar-refractivity contribution in [2.75, 3.05) is 21.1 Å². The lowest BCUT2D eigenvalue weighted by molar-refractivity contribution is -0.958. The van der Waals surface area contributed by atoms with E-state index in [9.17, 15) is 4.79 Å². The molecule has 1 heterocycles. The summed E-state index contributed by atoms with van der Waals surface area (Å²) in [6.45, 7) is 0. The normalized spacial score (nSPS) is 31.8. The van der Waals surface area contributed by atoms with Crippen LogP contribution in [0, 0.1) is 0 Å². The number of hydrogen-bond donors (Lipinski definition) is 1. The molecule has 5 heteroatoms. The molecule has 1 amide bonds. The Kier molecular flexibility index (Phi) is 3.01. The molecule has 0 radical (unpaired) electrons. The highest BCUT2D eigenvalue weighted by atomic mass is 79.9. The van der Waals surface area contributed by atoms with Crippen molar-refractivity contribution in [2.45, 2.75) is 31.1 Å². The molecule has 0 aromatic heterocycles. The van der Waals surface area contributed by atoms with Gasteiger partial charge in [-0.15, -0.1) is 0 Å². The molecule has 0 bridgehead atoms. The first-order valence-electron chi connectivity index (χ1n) is 6.98. The van der Waals surface area contributed by atoms with Gasteiger partial charge in [0, 0.05) is 23.5 Å². The molecule has 0 saturated carbocycles. The Morgan fingerprint density at radius 1 is 1.45 bits per heavy atom. The molecule has 2 aliphatic rings. The summed E-state index contributed by atoms with van der Waals surface area (Å²) in [6.07, 6.45) is 2.63. The first-order valence-corrected chi connectivity index (χ1v) is 7.77. The van der Waals surface area contributed by atoms with Crippen LogP contribution in [0.4, 0.5) is 0 Å².